The van der Waals surface area contributed by atoms with Crippen LogP contribution in [-0.2, 0) is 4.79 Å². The Morgan fingerprint density at radius 1 is 1.09 bits per heavy atom. The number of carbonyl (C=O) groups excluding carboxylic acids is 1. The number of nitrogens with one attached hydrogen (secondary N) is 2. The number of allylic oxidation sites excluding steroid dienone is 2. The summed E-state index contributed by atoms with van der Waals surface area (Å²) >= 11 is 5.85. The summed E-state index contributed by atoms with van der Waals surface area (Å²) in [4.78, 5) is 45.6. The van der Waals surface area contributed by atoms with Crippen LogP contribution in [0.4, 0.5) is 22.7 Å². The summed E-state index contributed by atoms with van der Waals surface area (Å²) in [6, 6.07) is 8.48. The molecule has 1 aliphatic rings. The zero-order valence-corrected chi connectivity index (χ0v) is 17.5. The van der Waals surface area contributed by atoms with Gasteiger partial charge in [0.25, 0.3) is 11.6 Å². The van der Waals surface area contributed by atoms with Crippen molar-refractivity contribution in [3.63, 3.8) is 0 Å². The second kappa shape index (κ2) is 10.2. The fraction of sp³-hybridized carbons (Fsp3) is 0.100. The summed E-state index contributed by atoms with van der Waals surface area (Å²) in [5, 5.41) is 29.3. The first kappa shape index (κ1) is 23.2. The Hall–Kier alpha value is -4.45. The predicted molar refractivity (Wildman–Crippen MR) is 121 cm³/mol. The van der Waals surface area contributed by atoms with Gasteiger partial charge in [0.1, 0.15) is 11.4 Å². The lowest BCUT2D eigenvalue weighted by atomic mass is 10.1. The Labute approximate surface area is 191 Å². The van der Waals surface area contributed by atoms with Gasteiger partial charge in [0, 0.05) is 32.5 Å². The van der Waals surface area contributed by atoms with Crippen molar-refractivity contribution in [3.8, 4) is 0 Å². The number of hydrogen-bond acceptors (Lipinski definition) is 8. The maximum absolute atomic E-state index is 12.9. The normalized spacial score (nSPS) is 15.2. The monoisotopic (exact) mass is 471 g/mol. The molecule has 12 nitrogen and oxygen atoms in total. The third-order valence-electron chi connectivity index (χ3n) is 4.47. The molecule has 1 aliphatic heterocycles. The second-order valence-electron chi connectivity index (χ2n) is 6.70. The number of hydrogen-bond donors (Lipinski definition) is 2. The Bertz CT molecular complexity index is 1210. The molecule has 1 heterocycles. The molecule has 168 valence electrons. The summed E-state index contributed by atoms with van der Waals surface area (Å²) in [7, 11) is 0. The van der Waals surface area contributed by atoms with Crippen molar-refractivity contribution in [1.82, 2.24) is 0 Å². The largest absolute Gasteiger partial charge is 0.321 e. The summed E-state index contributed by atoms with van der Waals surface area (Å²) in [5.74, 6) is -0.661. The third-order valence-corrected chi connectivity index (χ3v) is 4.72. The van der Waals surface area contributed by atoms with Crippen LogP contribution in [-0.4, -0.2) is 32.3 Å². The van der Waals surface area contributed by atoms with Crippen LogP contribution in [0, 0.1) is 25.1 Å². The Morgan fingerprint density at radius 2 is 1.82 bits per heavy atom. The number of nitroso groups, excluding NO2 is 1. The van der Waals surface area contributed by atoms with Gasteiger partial charge in [-0.2, -0.15) is 5.10 Å². The van der Waals surface area contributed by atoms with Crippen molar-refractivity contribution >= 4 is 46.0 Å². The number of rotatable bonds is 8. The smallest absolute Gasteiger partial charge is 0.301 e. The van der Waals surface area contributed by atoms with Gasteiger partial charge in [-0.15, -0.1) is 0 Å². The molecule has 0 fully saturated rings. The minimum Gasteiger partial charge on any atom is -0.321 e. The number of carbonyl (C=O) groups is 1. The molecule has 33 heavy (non-hydrogen) atoms. The van der Waals surface area contributed by atoms with E-state index >= 15 is 0 Å². The van der Waals surface area contributed by atoms with Crippen LogP contribution < -0.4 is 10.7 Å². The van der Waals surface area contributed by atoms with Gasteiger partial charge >= 0.3 is 5.69 Å². The van der Waals surface area contributed by atoms with Crippen LogP contribution in [0.15, 0.2) is 72.0 Å². The van der Waals surface area contributed by atoms with Crippen LogP contribution in [0.1, 0.15) is 6.42 Å². The minimum absolute atomic E-state index is 0.127. The number of anilines is 2. The van der Waals surface area contributed by atoms with E-state index in [4.69, 9.17) is 11.6 Å². The fourth-order valence-electron chi connectivity index (χ4n) is 2.81. The van der Waals surface area contributed by atoms with Gasteiger partial charge in [-0.05, 0) is 36.4 Å². The molecule has 0 saturated heterocycles. The minimum atomic E-state index is -0.813. The van der Waals surface area contributed by atoms with Crippen molar-refractivity contribution in [2.24, 2.45) is 5.10 Å². The molecule has 2 aromatic carbocycles. The molecule has 2 N–H and O–H groups in total. The maximum Gasteiger partial charge on any atom is 0.301 e. The maximum atomic E-state index is 12.9. The zero-order valence-electron chi connectivity index (χ0n) is 16.8. The molecule has 3 rings (SSSR count). The van der Waals surface area contributed by atoms with Gasteiger partial charge in [0.15, 0.2) is 0 Å². The van der Waals surface area contributed by atoms with Gasteiger partial charge < -0.3 is 5.32 Å². The highest BCUT2D eigenvalue weighted by molar-refractivity contribution is 6.43. The standard InChI is InChI=1S/C20H15ClN6O6/c21-13-4-6-14(7-5-13)22-20(28)18(11-15-3-1-2-10-25(15)29)24-23-17-9-8-16(26(30)31)12-19(17)27(32)33/h1-10,12,15H,11H2,(H-,22,23,28)/p+1. The quantitative estimate of drug-likeness (QED) is 0.252. The first-order valence-electron chi connectivity index (χ1n) is 9.37. The molecule has 1 unspecified atom stereocenters. The summed E-state index contributed by atoms with van der Waals surface area (Å²) < 4.78 is 0.638. The molecule has 0 aliphatic carbocycles. The number of halogens is 1. The lowest BCUT2D eigenvalue weighted by Gasteiger charge is -2.11. The van der Waals surface area contributed by atoms with Crippen molar-refractivity contribution < 1.29 is 19.4 Å². The zero-order chi connectivity index (χ0) is 24.0. The van der Waals surface area contributed by atoms with Crippen molar-refractivity contribution in [3.05, 3.63) is 97.1 Å². The molecule has 1 atom stereocenters. The molecular formula is C20H16ClN6O6+. The van der Waals surface area contributed by atoms with Gasteiger partial charge in [-0.25, -0.2) is 0 Å². The topological polar surface area (TPSA) is 160 Å². The number of amides is 1. The molecule has 0 spiro atoms. The number of nitro groups is 2. The molecule has 1 amide bonds. The number of non-ortho nitro benzene ring substituents is 1. The number of nitrogens with zero attached hydrogens (tertiary/aromatic N) is 4. The van der Waals surface area contributed by atoms with Crippen LogP contribution in [0.25, 0.3) is 0 Å². The van der Waals surface area contributed by atoms with E-state index in [0.717, 1.165) is 18.2 Å². The van der Waals surface area contributed by atoms with Gasteiger partial charge in [-0.1, -0.05) is 17.7 Å². The number of benzene rings is 2. The molecule has 0 radical (unpaired) electrons. The van der Waals surface area contributed by atoms with E-state index in [2.05, 4.69) is 15.8 Å². The van der Waals surface area contributed by atoms with E-state index in [1.54, 1.807) is 36.4 Å². The lowest BCUT2D eigenvalue weighted by Crippen LogP contribution is -2.31. The fourth-order valence-corrected chi connectivity index (χ4v) is 2.94. The lowest BCUT2D eigenvalue weighted by molar-refractivity contribution is -0.508. The van der Waals surface area contributed by atoms with Crippen molar-refractivity contribution in [2.45, 2.75) is 12.5 Å². The number of hydrazone groups is 1. The third kappa shape index (κ3) is 6.04. The van der Waals surface area contributed by atoms with Crippen molar-refractivity contribution in [2.75, 3.05) is 10.7 Å². The summed E-state index contributed by atoms with van der Waals surface area (Å²) in [6.45, 7) is 0. The highest BCUT2D eigenvalue weighted by Crippen LogP contribution is 2.29. The van der Waals surface area contributed by atoms with Crippen molar-refractivity contribution in [1.29, 1.82) is 0 Å². The SMILES string of the molecule is O=C(Nc1ccc(Cl)cc1)/C(CC1C=CC=C[N+]1=O)=N/Nc1ccc([N+](=O)[O-])cc1[N+](=O)[O-]. The Balaban J connectivity index is 1.90. The van der Waals surface area contributed by atoms with Crippen LogP contribution in [0.2, 0.25) is 5.02 Å². The van der Waals surface area contributed by atoms with E-state index in [0.29, 0.717) is 15.5 Å². The molecule has 2 aromatic rings. The first-order chi connectivity index (χ1) is 15.7. The van der Waals surface area contributed by atoms with Gasteiger partial charge in [0.05, 0.1) is 22.3 Å². The van der Waals surface area contributed by atoms with Gasteiger partial charge in [-0.3, -0.25) is 30.4 Å². The summed E-state index contributed by atoms with van der Waals surface area (Å²) in [6.07, 6.45) is 5.91. The molecular weight excluding hydrogens is 456 g/mol. The van der Waals surface area contributed by atoms with E-state index in [1.165, 1.54) is 12.3 Å². The molecule has 0 aromatic heterocycles. The van der Waals surface area contributed by atoms with E-state index in [1.807, 2.05) is 0 Å². The van der Waals surface area contributed by atoms with Crippen LogP contribution >= 0.6 is 11.6 Å². The average molecular weight is 472 g/mol. The first-order valence-corrected chi connectivity index (χ1v) is 9.75. The highest BCUT2D eigenvalue weighted by Gasteiger charge is 2.28. The average Bonchev–Trinajstić information content (AvgIpc) is 2.79. The van der Waals surface area contributed by atoms with Crippen LogP contribution in [0.3, 0.4) is 0 Å². The van der Waals surface area contributed by atoms with Gasteiger partial charge in [0.2, 0.25) is 12.2 Å². The number of nitro benzene ring substituents is 2. The highest BCUT2D eigenvalue weighted by atomic mass is 35.5. The molecule has 13 heteroatoms. The van der Waals surface area contributed by atoms with E-state index in [-0.39, 0.29) is 17.8 Å². The second-order valence-corrected chi connectivity index (χ2v) is 7.14. The van der Waals surface area contributed by atoms with E-state index in [9.17, 15) is 29.9 Å². The predicted octanol–water partition coefficient (Wildman–Crippen LogP) is 4.18. The Kier molecular flexibility index (Phi) is 7.20. The van der Waals surface area contributed by atoms with E-state index < -0.39 is 33.2 Å². The Morgan fingerprint density at radius 3 is 2.45 bits per heavy atom. The van der Waals surface area contributed by atoms with Crippen LogP contribution in [0.5, 0.6) is 0 Å². The molecule has 0 bridgehead atoms. The summed E-state index contributed by atoms with van der Waals surface area (Å²) in [5.41, 5.74) is 1.46. The molecule has 0 saturated carbocycles.